The zero-order chi connectivity index (χ0) is 11.9. The number of terminal acetylenes is 1. The molecule has 0 aliphatic rings. The minimum absolute atomic E-state index is 0.345. The van der Waals surface area contributed by atoms with Crippen LogP contribution in [0.15, 0.2) is 12.2 Å². The summed E-state index contributed by atoms with van der Waals surface area (Å²) < 4.78 is 0. The van der Waals surface area contributed by atoms with Crippen molar-refractivity contribution in [2.75, 3.05) is 6.61 Å². The predicted octanol–water partition coefficient (Wildman–Crippen LogP) is 4.07. The first-order valence-corrected chi connectivity index (χ1v) is 6.61. The Morgan fingerprint density at radius 2 is 1.38 bits per heavy atom. The molecule has 0 aliphatic carbocycles. The molecule has 0 heterocycles. The molecule has 0 radical (unpaired) electrons. The first-order chi connectivity index (χ1) is 7.91. The molecule has 0 unspecified atom stereocenters. The normalized spacial score (nSPS) is 10.8. The van der Waals surface area contributed by atoms with Gasteiger partial charge in [-0.05, 0) is 38.5 Å². The van der Waals surface area contributed by atoms with Crippen LogP contribution in [0.4, 0.5) is 0 Å². The highest BCUT2D eigenvalue weighted by atomic mass is 16.2. The fourth-order valence-corrected chi connectivity index (χ4v) is 1.63. The first kappa shape index (κ1) is 15.3. The molecule has 1 heteroatoms. The molecule has 0 atom stereocenters. The van der Waals surface area contributed by atoms with Crippen LogP contribution in [0, 0.1) is 12.3 Å². The van der Waals surface area contributed by atoms with E-state index >= 15 is 0 Å². The molecule has 0 aliphatic heterocycles. The summed E-state index contributed by atoms with van der Waals surface area (Å²) in [6.07, 6.45) is 21.4. The van der Waals surface area contributed by atoms with Gasteiger partial charge >= 0.3 is 0 Å². The molecule has 0 saturated heterocycles. The molecule has 0 aromatic heterocycles. The second-order valence-electron chi connectivity index (χ2n) is 4.20. The van der Waals surface area contributed by atoms with Gasteiger partial charge in [-0.25, -0.2) is 0 Å². The Bertz CT molecular complexity index is 188. The van der Waals surface area contributed by atoms with E-state index in [0.717, 1.165) is 19.3 Å². The van der Waals surface area contributed by atoms with E-state index in [1.807, 2.05) is 0 Å². The van der Waals surface area contributed by atoms with E-state index in [2.05, 4.69) is 18.1 Å². The summed E-state index contributed by atoms with van der Waals surface area (Å²) in [5.41, 5.74) is 0. The third-order valence-corrected chi connectivity index (χ3v) is 2.64. The lowest BCUT2D eigenvalue weighted by atomic mass is 10.1. The highest BCUT2D eigenvalue weighted by molar-refractivity contribution is 4.85. The molecule has 0 aromatic rings. The Labute approximate surface area is 101 Å². The Morgan fingerprint density at radius 3 is 2.00 bits per heavy atom. The van der Waals surface area contributed by atoms with Crippen LogP contribution in [0.2, 0.25) is 0 Å². The maximum Gasteiger partial charge on any atom is 0.0431 e. The maximum atomic E-state index is 8.60. The number of hydrogen-bond acceptors (Lipinski definition) is 1. The molecule has 0 rings (SSSR count). The minimum atomic E-state index is 0.345. The van der Waals surface area contributed by atoms with Crippen LogP contribution in [0.25, 0.3) is 0 Å². The molecular weight excluding hydrogens is 196 g/mol. The van der Waals surface area contributed by atoms with E-state index in [1.54, 1.807) is 0 Å². The summed E-state index contributed by atoms with van der Waals surface area (Å²) in [7, 11) is 0. The molecule has 16 heavy (non-hydrogen) atoms. The number of unbranched alkanes of at least 4 members (excludes halogenated alkanes) is 8. The van der Waals surface area contributed by atoms with Crippen LogP contribution >= 0.6 is 0 Å². The van der Waals surface area contributed by atoms with E-state index in [0.29, 0.717) is 6.61 Å². The number of aliphatic hydroxyl groups excluding tert-OH is 1. The van der Waals surface area contributed by atoms with Gasteiger partial charge in [0.1, 0.15) is 0 Å². The topological polar surface area (TPSA) is 20.2 Å². The van der Waals surface area contributed by atoms with Crippen molar-refractivity contribution in [3.05, 3.63) is 12.2 Å². The van der Waals surface area contributed by atoms with Crippen LogP contribution in [0.1, 0.15) is 64.2 Å². The highest BCUT2D eigenvalue weighted by Crippen LogP contribution is 2.06. The summed E-state index contributed by atoms with van der Waals surface area (Å²) >= 11 is 0. The third-order valence-electron chi connectivity index (χ3n) is 2.64. The first-order valence-electron chi connectivity index (χ1n) is 6.61. The van der Waals surface area contributed by atoms with E-state index in [-0.39, 0.29) is 0 Å². The summed E-state index contributed by atoms with van der Waals surface area (Å²) in [5.74, 6) is 2.66. The smallest absolute Gasteiger partial charge is 0.0431 e. The summed E-state index contributed by atoms with van der Waals surface area (Å²) in [6, 6.07) is 0. The fraction of sp³-hybridized carbons (Fsp3) is 0.733. The monoisotopic (exact) mass is 222 g/mol. The van der Waals surface area contributed by atoms with Gasteiger partial charge in [0.05, 0.1) is 0 Å². The van der Waals surface area contributed by atoms with Crippen LogP contribution in [-0.4, -0.2) is 11.7 Å². The Hall–Kier alpha value is -0.740. The van der Waals surface area contributed by atoms with Crippen molar-refractivity contribution < 1.29 is 5.11 Å². The van der Waals surface area contributed by atoms with Crippen molar-refractivity contribution in [2.45, 2.75) is 64.2 Å². The van der Waals surface area contributed by atoms with Gasteiger partial charge in [0, 0.05) is 13.0 Å². The van der Waals surface area contributed by atoms with E-state index in [9.17, 15) is 0 Å². The molecule has 1 N–H and O–H groups in total. The average molecular weight is 222 g/mol. The lowest BCUT2D eigenvalue weighted by Gasteiger charge is -1.97. The number of aliphatic hydroxyl groups is 1. The molecule has 0 spiro atoms. The second kappa shape index (κ2) is 14.3. The van der Waals surface area contributed by atoms with Gasteiger partial charge < -0.3 is 5.11 Å². The Kier molecular flexibility index (Phi) is 13.6. The Balaban J connectivity index is 3.01. The van der Waals surface area contributed by atoms with Crippen molar-refractivity contribution in [2.24, 2.45) is 0 Å². The van der Waals surface area contributed by atoms with Crippen molar-refractivity contribution in [1.29, 1.82) is 0 Å². The maximum absolute atomic E-state index is 8.60. The quantitative estimate of drug-likeness (QED) is 0.317. The lowest BCUT2D eigenvalue weighted by Crippen LogP contribution is -1.83. The van der Waals surface area contributed by atoms with Crippen molar-refractivity contribution in [3.8, 4) is 12.3 Å². The van der Waals surface area contributed by atoms with E-state index in [4.69, 9.17) is 11.5 Å². The van der Waals surface area contributed by atoms with Crippen LogP contribution in [-0.2, 0) is 0 Å². The zero-order valence-electron chi connectivity index (χ0n) is 10.5. The molecule has 0 fully saturated rings. The van der Waals surface area contributed by atoms with Crippen LogP contribution in [0.5, 0.6) is 0 Å². The van der Waals surface area contributed by atoms with Gasteiger partial charge in [-0.15, -0.1) is 12.3 Å². The van der Waals surface area contributed by atoms with Crippen molar-refractivity contribution >= 4 is 0 Å². The Morgan fingerprint density at radius 1 is 0.812 bits per heavy atom. The lowest BCUT2D eigenvalue weighted by molar-refractivity contribution is 0.282. The molecule has 0 aromatic carbocycles. The molecular formula is C15H26O. The van der Waals surface area contributed by atoms with Crippen LogP contribution in [0.3, 0.4) is 0 Å². The van der Waals surface area contributed by atoms with Gasteiger partial charge in [0.25, 0.3) is 0 Å². The minimum Gasteiger partial charge on any atom is -0.396 e. The highest BCUT2D eigenvalue weighted by Gasteiger charge is 1.88. The van der Waals surface area contributed by atoms with Crippen molar-refractivity contribution in [1.82, 2.24) is 0 Å². The molecule has 0 amide bonds. The second-order valence-corrected chi connectivity index (χ2v) is 4.20. The SMILES string of the molecule is C#CCCCC/C=C\CCCCCCCO. The fourth-order valence-electron chi connectivity index (χ4n) is 1.63. The van der Waals surface area contributed by atoms with E-state index < -0.39 is 0 Å². The van der Waals surface area contributed by atoms with E-state index in [1.165, 1.54) is 44.9 Å². The molecule has 0 bridgehead atoms. The van der Waals surface area contributed by atoms with Crippen molar-refractivity contribution in [3.63, 3.8) is 0 Å². The summed E-state index contributed by atoms with van der Waals surface area (Å²) in [5, 5.41) is 8.60. The van der Waals surface area contributed by atoms with Gasteiger partial charge in [-0.1, -0.05) is 31.4 Å². The zero-order valence-corrected chi connectivity index (χ0v) is 10.5. The number of hydrogen-bond donors (Lipinski definition) is 1. The standard InChI is InChI=1S/C15H26O/c1-2-3-4-5-6-7-8-9-10-11-12-13-14-15-16/h1,7-8,16H,3-6,9-15H2/b8-7-. The summed E-state index contributed by atoms with van der Waals surface area (Å²) in [6.45, 7) is 0.345. The average Bonchev–Trinajstić information content (AvgIpc) is 2.31. The van der Waals surface area contributed by atoms with Crippen LogP contribution < -0.4 is 0 Å². The number of allylic oxidation sites excluding steroid dienone is 2. The third kappa shape index (κ3) is 13.3. The van der Waals surface area contributed by atoms with Gasteiger partial charge in [-0.3, -0.25) is 0 Å². The predicted molar refractivity (Wildman–Crippen MR) is 71.2 cm³/mol. The van der Waals surface area contributed by atoms with Gasteiger partial charge in [0.15, 0.2) is 0 Å². The molecule has 0 saturated carbocycles. The van der Waals surface area contributed by atoms with Gasteiger partial charge in [-0.2, -0.15) is 0 Å². The number of rotatable bonds is 11. The largest absolute Gasteiger partial charge is 0.396 e. The molecule has 1 nitrogen and oxygen atoms in total. The van der Waals surface area contributed by atoms with Gasteiger partial charge in [0.2, 0.25) is 0 Å². The summed E-state index contributed by atoms with van der Waals surface area (Å²) in [4.78, 5) is 0. The molecule has 92 valence electrons.